The van der Waals surface area contributed by atoms with Crippen LogP contribution < -0.4 is 5.32 Å². The van der Waals surface area contributed by atoms with Gasteiger partial charge in [0.15, 0.2) is 0 Å². The molecule has 2 aromatic rings. The molecule has 0 aliphatic rings. The van der Waals surface area contributed by atoms with E-state index in [0.29, 0.717) is 11.8 Å². The van der Waals surface area contributed by atoms with Crippen molar-refractivity contribution in [1.82, 2.24) is 10.2 Å². The molecule has 0 amide bonds. The molecule has 4 heteroatoms. The van der Waals surface area contributed by atoms with Crippen LogP contribution in [0, 0.1) is 11.8 Å². The molecule has 0 fully saturated rings. The summed E-state index contributed by atoms with van der Waals surface area (Å²) < 4.78 is 0. The Hall–Kier alpha value is -1.42. The Kier molecular flexibility index (Phi) is 5.74. The first-order valence-electron chi connectivity index (χ1n) is 7.67. The Morgan fingerprint density at radius 3 is 2.14 bits per heavy atom. The Morgan fingerprint density at radius 2 is 1.52 bits per heavy atom. The van der Waals surface area contributed by atoms with Gasteiger partial charge in [-0.2, -0.15) is 0 Å². The largest absolute Gasteiger partial charge is 0.356 e. The van der Waals surface area contributed by atoms with Gasteiger partial charge in [0.25, 0.3) is 0 Å². The molecule has 0 saturated heterocycles. The van der Waals surface area contributed by atoms with Gasteiger partial charge in [0.1, 0.15) is 5.01 Å². The number of nitrogens with one attached hydrogen (secondary N) is 1. The highest BCUT2D eigenvalue weighted by molar-refractivity contribution is 7.15. The number of rotatable bonds is 7. The quantitative estimate of drug-likeness (QED) is 0.815. The molecular weight excluding hydrogens is 278 g/mol. The molecule has 0 aliphatic carbocycles. The SMILES string of the molecule is CC(C)Cc1ccc(CNc2nnc(CC(C)C)s2)cc1. The monoisotopic (exact) mass is 303 g/mol. The highest BCUT2D eigenvalue weighted by Gasteiger charge is 2.06. The highest BCUT2D eigenvalue weighted by Crippen LogP contribution is 2.19. The summed E-state index contributed by atoms with van der Waals surface area (Å²) in [5.74, 6) is 1.33. The van der Waals surface area contributed by atoms with Crippen LogP contribution in [0.15, 0.2) is 24.3 Å². The third-order valence-electron chi connectivity index (χ3n) is 3.16. The van der Waals surface area contributed by atoms with Crippen molar-refractivity contribution in [3.63, 3.8) is 0 Å². The predicted octanol–water partition coefficient (Wildman–Crippen LogP) is 4.55. The smallest absolute Gasteiger partial charge is 0.205 e. The fourth-order valence-electron chi connectivity index (χ4n) is 2.20. The molecule has 0 atom stereocenters. The number of hydrogen-bond donors (Lipinski definition) is 1. The summed E-state index contributed by atoms with van der Waals surface area (Å²) in [6.07, 6.45) is 2.14. The van der Waals surface area contributed by atoms with Crippen molar-refractivity contribution in [1.29, 1.82) is 0 Å². The van der Waals surface area contributed by atoms with Crippen molar-refractivity contribution in [2.75, 3.05) is 5.32 Å². The van der Waals surface area contributed by atoms with Gasteiger partial charge in [-0.15, -0.1) is 10.2 Å². The van der Waals surface area contributed by atoms with Crippen LogP contribution in [0.4, 0.5) is 5.13 Å². The minimum Gasteiger partial charge on any atom is -0.356 e. The molecule has 0 unspecified atom stereocenters. The van der Waals surface area contributed by atoms with Crippen molar-refractivity contribution in [3.05, 3.63) is 40.4 Å². The summed E-state index contributed by atoms with van der Waals surface area (Å²) in [7, 11) is 0. The van der Waals surface area contributed by atoms with E-state index in [9.17, 15) is 0 Å². The summed E-state index contributed by atoms with van der Waals surface area (Å²) in [6, 6.07) is 8.84. The predicted molar refractivity (Wildman–Crippen MR) is 90.8 cm³/mol. The number of nitrogens with zero attached hydrogens (tertiary/aromatic N) is 2. The lowest BCUT2D eigenvalue weighted by Gasteiger charge is -2.07. The molecule has 1 heterocycles. The highest BCUT2D eigenvalue weighted by atomic mass is 32.1. The van der Waals surface area contributed by atoms with Gasteiger partial charge in [-0.05, 0) is 29.4 Å². The van der Waals surface area contributed by atoms with Crippen LogP contribution in [-0.4, -0.2) is 10.2 Å². The van der Waals surface area contributed by atoms with Gasteiger partial charge in [-0.25, -0.2) is 0 Å². The van der Waals surface area contributed by atoms with Gasteiger partial charge in [0, 0.05) is 13.0 Å². The van der Waals surface area contributed by atoms with Gasteiger partial charge in [0.05, 0.1) is 0 Å². The fraction of sp³-hybridized carbons (Fsp3) is 0.529. The number of benzene rings is 1. The molecule has 3 nitrogen and oxygen atoms in total. The van der Waals surface area contributed by atoms with E-state index in [4.69, 9.17) is 0 Å². The summed E-state index contributed by atoms with van der Waals surface area (Å²) in [6.45, 7) is 9.71. The van der Waals surface area contributed by atoms with E-state index in [2.05, 4.69) is 67.5 Å². The van der Waals surface area contributed by atoms with E-state index < -0.39 is 0 Å². The molecule has 1 aromatic carbocycles. The zero-order valence-corrected chi connectivity index (χ0v) is 14.2. The standard InChI is InChI=1S/C17H25N3S/c1-12(2)9-14-5-7-15(8-6-14)11-18-17-20-19-16(21-17)10-13(3)4/h5-8,12-13H,9-11H2,1-4H3,(H,18,20). The first-order valence-corrected chi connectivity index (χ1v) is 8.48. The fourth-order valence-corrected chi connectivity index (χ4v) is 3.15. The van der Waals surface area contributed by atoms with E-state index in [1.807, 2.05) is 0 Å². The lowest BCUT2D eigenvalue weighted by molar-refractivity contribution is 0.640. The number of anilines is 1. The molecule has 1 N–H and O–H groups in total. The minimum absolute atomic E-state index is 0.624. The van der Waals surface area contributed by atoms with E-state index in [1.54, 1.807) is 11.3 Å². The second-order valence-corrected chi connectivity index (χ2v) is 7.43. The van der Waals surface area contributed by atoms with Gasteiger partial charge in [-0.1, -0.05) is 63.3 Å². The van der Waals surface area contributed by atoms with Gasteiger partial charge in [0.2, 0.25) is 5.13 Å². The molecular formula is C17H25N3S. The van der Waals surface area contributed by atoms with Crippen LogP contribution in [0.3, 0.4) is 0 Å². The molecule has 0 spiro atoms. The third-order valence-corrected chi connectivity index (χ3v) is 4.06. The first-order chi connectivity index (χ1) is 10.0. The second-order valence-electron chi connectivity index (χ2n) is 6.37. The minimum atomic E-state index is 0.624. The molecule has 21 heavy (non-hydrogen) atoms. The molecule has 2 rings (SSSR count). The zero-order valence-electron chi connectivity index (χ0n) is 13.4. The maximum absolute atomic E-state index is 4.22. The maximum atomic E-state index is 4.22. The summed E-state index contributed by atoms with van der Waals surface area (Å²) in [5.41, 5.74) is 2.69. The molecule has 0 aliphatic heterocycles. The van der Waals surface area contributed by atoms with E-state index in [1.165, 1.54) is 11.1 Å². The van der Waals surface area contributed by atoms with E-state index in [0.717, 1.165) is 29.5 Å². The lowest BCUT2D eigenvalue weighted by Crippen LogP contribution is -2.00. The average Bonchev–Trinajstić information content (AvgIpc) is 2.84. The Morgan fingerprint density at radius 1 is 0.905 bits per heavy atom. The number of hydrogen-bond acceptors (Lipinski definition) is 4. The van der Waals surface area contributed by atoms with Gasteiger partial charge >= 0.3 is 0 Å². The van der Waals surface area contributed by atoms with Crippen molar-refractivity contribution in [2.24, 2.45) is 11.8 Å². The lowest BCUT2D eigenvalue weighted by atomic mass is 10.0. The van der Waals surface area contributed by atoms with Crippen molar-refractivity contribution >= 4 is 16.5 Å². The Labute approximate surface area is 131 Å². The van der Waals surface area contributed by atoms with Crippen molar-refractivity contribution in [3.8, 4) is 0 Å². The summed E-state index contributed by atoms with van der Waals surface area (Å²) in [4.78, 5) is 0. The maximum Gasteiger partial charge on any atom is 0.205 e. The van der Waals surface area contributed by atoms with Crippen LogP contribution in [0.1, 0.15) is 43.8 Å². The number of aromatic nitrogens is 2. The summed E-state index contributed by atoms with van der Waals surface area (Å²) in [5, 5.41) is 13.8. The second kappa shape index (κ2) is 7.55. The van der Waals surface area contributed by atoms with Crippen molar-refractivity contribution < 1.29 is 0 Å². The molecule has 114 valence electrons. The van der Waals surface area contributed by atoms with Gasteiger partial charge < -0.3 is 5.32 Å². The normalized spacial score (nSPS) is 11.3. The Bertz CT molecular complexity index is 543. The molecule has 1 aromatic heterocycles. The van der Waals surface area contributed by atoms with Crippen LogP contribution in [-0.2, 0) is 19.4 Å². The topological polar surface area (TPSA) is 37.8 Å². The van der Waals surface area contributed by atoms with Gasteiger partial charge in [-0.3, -0.25) is 0 Å². The molecule has 0 saturated carbocycles. The average molecular weight is 303 g/mol. The summed E-state index contributed by atoms with van der Waals surface area (Å²) >= 11 is 1.66. The van der Waals surface area contributed by atoms with E-state index >= 15 is 0 Å². The van der Waals surface area contributed by atoms with Crippen LogP contribution in [0.25, 0.3) is 0 Å². The van der Waals surface area contributed by atoms with Crippen LogP contribution in [0.2, 0.25) is 0 Å². The van der Waals surface area contributed by atoms with Crippen molar-refractivity contribution in [2.45, 2.75) is 47.1 Å². The van der Waals surface area contributed by atoms with E-state index in [-0.39, 0.29) is 0 Å². The Balaban J connectivity index is 1.86. The zero-order chi connectivity index (χ0) is 15.2. The molecule has 0 bridgehead atoms. The third kappa shape index (κ3) is 5.46. The molecule has 0 radical (unpaired) electrons. The van der Waals surface area contributed by atoms with Crippen LogP contribution >= 0.6 is 11.3 Å². The first kappa shape index (κ1) is 16.0. The van der Waals surface area contributed by atoms with Crippen LogP contribution in [0.5, 0.6) is 0 Å².